The van der Waals surface area contributed by atoms with E-state index in [0.29, 0.717) is 12.3 Å². The van der Waals surface area contributed by atoms with Gasteiger partial charge in [0.05, 0.1) is 0 Å². The van der Waals surface area contributed by atoms with Gasteiger partial charge in [0.2, 0.25) is 11.8 Å². The van der Waals surface area contributed by atoms with E-state index in [-0.39, 0.29) is 29.7 Å². The minimum atomic E-state index is -0.955. The molecule has 0 heterocycles. The molecular formula is C30H51N3O4S. The lowest BCUT2D eigenvalue weighted by Crippen LogP contribution is -2.56. The molecule has 216 valence electrons. The van der Waals surface area contributed by atoms with Crippen LogP contribution in [0.15, 0.2) is 18.2 Å². The number of aryl methyl sites for hydroxylation is 2. The maximum Gasteiger partial charge on any atom is 0.408 e. The fraction of sp³-hybridized carbons (Fsp3) is 0.700. The molecule has 4 atom stereocenters. The van der Waals surface area contributed by atoms with Crippen molar-refractivity contribution >= 4 is 30.5 Å². The maximum atomic E-state index is 14.2. The Labute approximate surface area is 236 Å². The van der Waals surface area contributed by atoms with E-state index in [1.807, 2.05) is 45.9 Å². The fourth-order valence-corrected chi connectivity index (χ4v) is 4.81. The summed E-state index contributed by atoms with van der Waals surface area (Å²) < 4.78 is 5.41. The lowest BCUT2D eigenvalue weighted by Gasteiger charge is -2.39. The average Bonchev–Trinajstić information content (AvgIpc) is 2.76. The van der Waals surface area contributed by atoms with Gasteiger partial charge in [-0.1, -0.05) is 56.5 Å². The number of carbonyl (C=O) groups is 3. The van der Waals surface area contributed by atoms with Crippen molar-refractivity contribution in [3.05, 3.63) is 34.9 Å². The lowest BCUT2D eigenvalue weighted by atomic mass is 9.95. The molecule has 0 aliphatic carbocycles. The first kappa shape index (κ1) is 33.8. The third kappa shape index (κ3) is 11.3. The van der Waals surface area contributed by atoms with Gasteiger partial charge in [0, 0.05) is 17.8 Å². The highest BCUT2D eigenvalue weighted by molar-refractivity contribution is 7.80. The summed E-state index contributed by atoms with van der Waals surface area (Å²) in [7, 11) is 0. The van der Waals surface area contributed by atoms with Crippen molar-refractivity contribution in [1.82, 2.24) is 15.5 Å². The highest BCUT2D eigenvalue weighted by Gasteiger charge is 2.39. The van der Waals surface area contributed by atoms with Crippen LogP contribution in [0, 0.1) is 19.8 Å². The quantitative estimate of drug-likeness (QED) is 0.259. The van der Waals surface area contributed by atoms with E-state index in [1.54, 1.807) is 25.7 Å². The number of nitrogens with zero attached hydrogens (tertiary/aromatic N) is 1. The van der Waals surface area contributed by atoms with Gasteiger partial charge in [-0.3, -0.25) is 9.59 Å². The average molecular weight is 550 g/mol. The van der Waals surface area contributed by atoms with Crippen molar-refractivity contribution in [2.45, 2.75) is 125 Å². The summed E-state index contributed by atoms with van der Waals surface area (Å²) in [6.07, 6.45) is 2.69. The molecule has 1 aromatic rings. The zero-order chi connectivity index (χ0) is 29.2. The zero-order valence-electron chi connectivity index (χ0n) is 25.2. The molecule has 0 fully saturated rings. The number of hydrogen-bond donors (Lipinski definition) is 3. The molecule has 0 aromatic heterocycles. The molecule has 0 aliphatic heterocycles. The van der Waals surface area contributed by atoms with E-state index in [1.165, 1.54) is 0 Å². The predicted octanol–water partition coefficient (Wildman–Crippen LogP) is 6.13. The zero-order valence-corrected chi connectivity index (χ0v) is 26.1. The number of hydrogen-bond acceptors (Lipinski definition) is 5. The molecule has 1 rings (SSSR count). The molecular weight excluding hydrogens is 498 g/mol. The molecule has 1 aromatic carbocycles. The smallest absolute Gasteiger partial charge is 0.408 e. The van der Waals surface area contributed by atoms with Crippen LogP contribution in [0.5, 0.6) is 0 Å². The van der Waals surface area contributed by atoms with Gasteiger partial charge in [-0.05, 0) is 79.2 Å². The Hall–Kier alpha value is -2.22. The minimum absolute atomic E-state index is 0.0376. The summed E-state index contributed by atoms with van der Waals surface area (Å²) in [6.45, 7) is 19.6. The molecule has 2 N–H and O–H groups in total. The molecule has 3 amide bonds. The largest absolute Gasteiger partial charge is 0.444 e. The summed E-state index contributed by atoms with van der Waals surface area (Å²) >= 11 is 4.39. The number of carbonyl (C=O) groups excluding carboxylic acids is 3. The van der Waals surface area contributed by atoms with Gasteiger partial charge < -0.3 is 20.3 Å². The van der Waals surface area contributed by atoms with Crippen molar-refractivity contribution in [2.24, 2.45) is 5.92 Å². The third-order valence-electron chi connectivity index (χ3n) is 6.26. The molecule has 0 radical (unpaired) electrons. The maximum absolute atomic E-state index is 14.2. The number of rotatable bonds is 13. The van der Waals surface area contributed by atoms with E-state index < -0.39 is 23.8 Å². The van der Waals surface area contributed by atoms with Crippen LogP contribution in [0.25, 0.3) is 0 Å². The predicted molar refractivity (Wildman–Crippen MR) is 159 cm³/mol. The molecule has 0 saturated carbocycles. The molecule has 8 heteroatoms. The van der Waals surface area contributed by atoms with E-state index in [4.69, 9.17) is 4.74 Å². The van der Waals surface area contributed by atoms with E-state index in [9.17, 15) is 14.4 Å². The van der Waals surface area contributed by atoms with Crippen LogP contribution >= 0.6 is 12.6 Å². The van der Waals surface area contributed by atoms with Crippen molar-refractivity contribution in [1.29, 1.82) is 0 Å². The van der Waals surface area contributed by atoms with Crippen LogP contribution in [0.1, 0.15) is 104 Å². The van der Waals surface area contributed by atoms with E-state index in [2.05, 4.69) is 44.0 Å². The Morgan fingerprint density at radius 3 is 2.00 bits per heavy atom. The first-order valence-electron chi connectivity index (χ1n) is 13.9. The second-order valence-electron chi connectivity index (χ2n) is 12.0. The lowest BCUT2D eigenvalue weighted by molar-refractivity contribution is -0.145. The Kier molecular flexibility index (Phi) is 13.7. The molecule has 38 heavy (non-hydrogen) atoms. The number of benzene rings is 1. The highest BCUT2D eigenvalue weighted by atomic mass is 32.1. The SMILES string of the molecule is CCCC(C)NC(=O)C(c1cc(C)cc(C)c1)N(C(=O)C(CS)NC(=O)OC(C)(C)C)C(C)CCC(C)C. The normalized spacial score (nSPS) is 14.8. The van der Waals surface area contributed by atoms with Crippen molar-refractivity contribution in [2.75, 3.05) is 5.75 Å². The van der Waals surface area contributed by atoms with Crippen molar-refractivity contribution < 1.29 is 19.1 Å². The van der Waals surface area contributed by atoms with Crippen LogP contribution in [0.2, 0.25) is 0 Å². The number of nitrogens with one attached hydrogen (secondary N) is 2. The number of thiol groups is 1. The first-order chi connectivity index (χ1) is 17.6. The monoisotopic (exact) mass is 549 g/mol. The van der Waals surface area contributed by atoms with Gasteiger partial charge >= 0.3 is 6.09 Å². The summed E-state index contributed by atoms with van der Waals surface area (Å²) in [5.74, 6) is -0.0766. The van der Waals surface area contributed by atoms with Crippen molar-refractivity contribution in [3.63, 3.8) is 0 Å². The minimum Gasteiger partial charge on any atom is -0.444 e. The van der Waals surface area contributed by atoms with Crippen LogP contribution in [0.3, 0.4) is 0 Å². The van der Waals surface area contributed by atoms with Crippen LogP contribution < -0.4 is 10.6 Å². The van der Waals surface area contributed by atoms with E-state index >= 15 is 0 Å². The highest BCUT2D eigenvalue weighted by Crippen LogP contribution is 2.29. The van der Waals surface area contributed by atoms with Gasteiger partial charge in [-0.25, -0.2) is 4.79 Å². The second kappa shape index (κ2) is 15.4. The van der Waals surface area contributed by atoms with Gasteiger partial charge in [0.15, 0.2) is 0 Å². The first-order valence-corrected chi connectivity index (χ1v) is 14.5. The second-order valence-corrected chi connectivity index (χ2v) is 12.3. The Bertz CT molecular complexity index is 908. The summed E-state index contributed by atoms with van der Waals surface area (Å²) in [5, 5.41) is 5.83. The van der Waals surface area contributed by atoms with Gasteiger partial charge in [-0.2, -0.15) is 12.6 Å². The van der Waals surface area contributed by atoms with Gasteiger partial charge in [-0.15, -0.1) is 0 Å². The fourth-order valence-electron chi connectivity index (χ4n) is 4.56. The summed E-state index contributed by atoms with van der Waals surface area (Å²) in [5.41, 5.74) is 2.07. The molecule has 0 bridgehead atoms. The summed E-state index contributed by atoms with van der Waals surface area (Å²) in [6, 6.07) is 3.87. The van der Waals surface area contributed by atoms with Crippen LogP contribution in [0.4, 0.5) is 4.79 Å². The van der Waals surface area contributed by atoms with E-state index in [0.717, 1.165) is 36.0 Å². The molecule has 0 spiro atoms. The number of ether oxygens (including phenoxy) is 1. The van der Waals surface area contributed by atoms with Crippen LogP contribution in [-0.2, 0) is 14.3 Å². The number of alkyl carbamates (subject to hydrolysis) is 1. The molecule has 7 nitrogen and oxygen atoms in total. The molecule has 0 saturated heterocycles. The third-order valence-corrected chi connectivity index (χ3v) is 6.62. The van der Waals surface area contributed by atoms with Gasteiger partial charge in [0.1, 0.15) is 17.7 Å². The Morgan fingerprint density at radius 1 is 0.947 bits per heavy atom. The summed E-state index contributed by atoms with van der Waals surface area (Å²) in [4.78, 5) is 42.4. The van der Waals surface area contributed by atoms with Gasteiger partial charge in [0.25, 0.3) is 0 Å². The number of amides is 3. The standard InChI is InChI=1S/C30H51N3O4S/c1-11-12-22(6)31-27(34)26(24-16-20(4)15-21(5)17-24)33(23(7)14-13-19(2)3)28(35)25(18-38)32-29(36)37-30(8,9)10/h15-17,19,22-23,25-26,38H,11-14,18H2,1-10H3,(H,31,34)(H,32,36). The van der Waals surface area contributed by atoms with Crippen molar-refractivity contribution in [3.8, 4) is 0 Å². The Morgan fingerprint density at radius 2 is 1.53 bits per heavy atom. The topological polar surface area (TPSA) is 87.7 Å². The van der Waals surface area contributed by atoms with Crippen LogP contribution in [-0.4, -0.2) is 52.3 Å². The molecule has 4 unspecified atom stereocenters. The Balaban J connectivity index is 3.60. The molecule has 0 aliphatic rings.